The Morgan fingerprint density at radius 1 is 1.21 bits per heavy atom. The van der Waals surface area contributed by atoms with E-state index in [1.165, 1.54) is 44.8 Å². The zero-order valence-electron chi connectivity index (χ0n) is 19.0. The van der Waals surface area contributed by atoms with Gasteiger partial charge in [0, 0.05) is 36.5 Å². The Morgan fingerprint density at radius 3 is 2.62 bits per heavy atom. The van der Waals surface area contributed by atoms with Crippen LogP contribution in [-0.4, -0.2) is 34.6 Å². The number of hydrogen-bond acceptors (Lipinski definition) is 7. The van der Waals surface area contributed by atoms with Crippen LogP contribution in [0.2, 0.25) is 0 Å². The zero-order valence-corrected chi connectivity index (χ0v) is 19.0. The number of anilines is 2. The predicted molar refractivity (Wildman–Crippen MR) is 124 cm³/mol. The molecule has 0 bridgehead atoms. The Kier molecular flexibility index (Phi) is 7.05. The average molecular weight is 468 g/mol. The van der Waals surface area contributed by atoms with Gasteiger partial charge in [0.2, 0.25) is 5.95 Å². The summed E-state index contributed by atoms with van der Waals surface area (Å²) in [5.41, 5.74) is 1.11. The maximum atomic E-state index is 14.6. The molecule has 10 heteroatoms. The number of carbonyl (C=O) groups is 1. The third kappa shape index (κ3) is 5.16. The first-order valence-corrected chi connectivity index (χ1v) is 11.0. The Morgan fingerprint density at radius 2 is 1.94 bits per heavy atom. The molecule has 0 unspecified atom stereocenters. The number of carbonyl (C=O) groups excluding carboxylic acids is 1. The molecule has 9 nitrogen and oxygen atoms in total. The minimum Gasteiger partial charge on any atom is -0.494 e. The van der Waals surface area contributed by atoms with Gasteiger partial charge in [-0.1, -0.05) is 12.8 Å². The summed E-state index contributed by atoms with van der Waals surface area (Å²) in [6.07, 6.45) is 8.98. The lowest BCUT2D eigenvalue weighted by Gasteiger charge is -2.15. The molecule has 34 heavy (non-hydrogen) atoms. The second-order valence-electron chi connectivity index (χ2n) is 7.99. The smallest absolute Gasteiger partial charge is 0.251 e. The predicted octanol–water partition coefficient (Wildman–Crippen LogP) is 3.58. The third-order valence-corrected chi connectivity index (χ3v) is 5.76. The van der Waals surface area contributed by atoms with Crippen molar-refractivity contribution >= 4 is 17.5 Å². The lowest BCUT2D eigenvalue weighted by Crippen LogP contribution is -2.22. The molecule has 1 saturated carbocycles. The number of rotatable bonds is 8. The Labute approximate surface area is 196 Å². The molecule has 1 aliphatic rings. The van der Waals surface area contributed by atoms with Gasteiger partial charge in [0.15, 0.2) is 17.3 Å². The number of hydrogen-bond donors (Lipinski definition) is 2. The lowest BCUT2D eigenvalue weighted by molar-refractivity contribution is 0.0962. The van der Waals surface area contributed by atoms with Crippen LogP contribution in [0.3, 0.4) is 0 Å². The SMILES string of the molecule is CNC(=O)c1cc(COc2cnc(Nc3ccc(=O)n(C4CCCC4)c3)nc2)c(F)c(OC)c1. The summed E-state index contributed by atoms with van der Waals surface area (Å²) in [5.74, 6) is -0.359. The lowest BCUT2D eigenvalue weighted by atomic mass is 10.1. The monoisotopic (exact) mass is 467 g/mol. The maximum Gasteiger partial charge on any atom is 0.251 e. The molecule has 3 aromatic rings. The summed E-state index contributed by atoms with van der Waals surface area (Å²) in [7, 11) is 2.82. The molecule has 0 radical (unpaired) electrons. The van der Waals surface area contributed by atoms with Crippen molar-refractivity contribution in [2.75, 3.05) is 19.5 Å². The molecule has 0 atom stereocenters. The fraction of sp³-hybridized carbons (Fsp3) is 0.333. The number of nitrogens with one attached hydrogen (secondary N) is 2. The Hall–Kier alpha value is -3.95. The van der Waals surface area contributed by atoms with Gasteiger partial charge in [-0.25, -0.2) is 14.4 Å². The van der Waals surface area contributed by atoms with E-state index in [9.17, 15) is 14.0 Å². The highest BCUT2D eigenvalue weighted by Crippen LogP contribution is 2.29. The molecule has 2 heterocycles. The van der Waals surface area contributed by atoms with E-state index >= 15 is 0 Å². The fourth-order valence-corrected chi connectivity index (χ4v) is 3.98. The summed E-state index contributed by atoms with van der Waals surface area (Å²) in [6.45, 7) is -0.143. The minimum absolute atomic E-state index is 0.0218. The Bertz CT molecular complexity index is 1220. The second-order valence-corrected chi connectivity index (χ2v) is 7.99. The quantitative estimate of drug-likeness (QED) is 0.521. The molecule has 0 saturated heterocycles. The van der Waals surface area contributed by atoms with Crippen molar-refractivity contribution in [1.82, 2.24) is 19.9 Å². The molecular formula is C24H26FN5O4. The highest BCUT2D eigenvalue weighted by atomic mass is 19.1. The summed E-state index contributed by atoms with van der Waals surface area (Å²) in [4.78, 5) is 32.6. The van der Waals surface area contributed by atoms with Crippen LogP contribution < -0.4 is 25.7 Å². The molecule has 1 fully saturated rings. The molecule has 2 aromatic heterocycles. The molecule has 178 valence electrons. The van der Waals surface area contributed by atoms with Crippen LogP contribution in [0.5, 0.6) is 11.5 Å². The molecule has 0 spiro atoms. The number of amides is 1. The van der Waals surface area contributed by atoms with Gasteiger partial charge in [-0.2, -0.15) is 0 Å². The van der Waals surface area contributed by atoms with Crippen LogP contribution in [-0.2, 0) is 6.61 Å². The third-order valence-electron chi connectivity index (χ3n) is 5.76. The van der Waals surface area contributed by atoms with E-state index in [2.05, 4.69) is 20.6 Å². The van der Waals surface area contributed by atoms with E-state index in [4.69, 9.17) is 9.47 Å². The number of halogens is 1. The van der Waals surface area contributed by atoms with Crippen LogP contribution in [0.4, 0.5) is 16.0 Å². The highest BCUT2D eigenvalue weighted by Gasteiger charge is 2.18. The van der Waals surface area contributed by atoms with Gasteiger partial charge in [0.1, 0.15) is 6.61 Å². The first-order valence-electron chi connectivity index (χ1n) is 11.0. The number of aromatic nitrogens is 3. The summed E-state index contributed by atoms with van der Waals surface area (Å²) >= 11 is 0. The number of methoxy groups -OCH3 is 1. The van der Waals surface area contributed by atoms with E-state index in [1.54, 1.807) is 16.8 Å². The molecular weight excluding hydrogens is 441 g/mol. The van der Waals surface area contributed by atoms with E-state index in [0.29, 0.717) is 17.4 Å². The summed E-state index contributed by atoms with van der Waals surface area (Å²) in [5, 5.41) is 5.59. The van der Waals surface area contributed by atoms with Crippen molar-refractivity contribution in [3.8, 4) is 11.5 Å². The van der Waals surface area contributed by atoms with E-state index in [1.807, 2.05) is 0 Å². The molecule has 1 aliphatic carbocycles. The number of nitrogens with zero attached hydrogens (tertiary/aromatic N) is 3. The first kappa shape index (κ1) is 23.2. The zero-order chi connectivity index (χ0) is 24.1. The van der Waals surface area contributed by atoms with Crippen LogP contribution in [0.1, 0.15) is 47.6 Å². The molecule has 1 amide bonds. The normalized spacial score (nSPS) is 13.5. The van der Waals surface area contributed by atoms with Gasteiger partial charge in [-0.3, -0.25) is 9.59 Å². The van der Waals surface area contributed by atoms with Gasteiger partial charge >= 0.3 is 0 Å². The van der Waals surface area contributed by atoms with Crippen LogP contribution >= 0.6 is 0 Å². The van der Waals surface area contributed by atoms with Gasteiger partial charge in [-0.15, -0.1) is 0 Å². The largest absolute Gasteiger partial charge is 0.494 e. The van der Waals surface area contributed by atoms with E-state index in [-0.39, 0.29) is 41.0 Å². The van der Waals surface area contributed by atoms with Crippen LogP contribution in [0.15, 0.2) is 47.7 Å². The highest BCUT2D eigenvalue weighted by molar-refractivity contribution is 5.94. The molecule has 4 rings (SSSR count). The molecule has 2 N–H and O–H groups in total. The standard InChI is InChI=1S/C24H26FN5O4/c1-26-23(32)15-9-16(22(25)20(10-15)33-2)14-34-19-11-27-24(28-12-19)29-17-7-8-21(31)30(13-17)18-5-3-4-6-18/h7-13,18H,3-6,14H2,1-2H3,(H,26,32)(H,27,28,29). The summed E-state index contributed by atoms with van der Waals surface area (Å²) < 4.78 is 27.0. The van der Waals surface area contributed by atoms with Crippen molar-refractivity contribution in [2.24, 2.45) is 0 Å². The number of benzene rings is 1. The van der Waals surface area contributed by atoms with Gasteiger partial charge in [0.25, 0.3) is 11.5 Å². The second kappa shape index (κ2) is 10.3. The summed E-state index contributed by atoms with van der Waals surface area (Å²) in [6, 6.07) is 6.20. The van der Waals surface area contributed by atoms with E-state index in [0.717, 1.165) is 25.7 Å². The van der Waals surface area contributed by atoms with Gasteiger partial charge in [-0.05, 0) is 31.0 Å². The average Bonchev–Trinajstić information content (AvgIpc) is 3.40. The number of ether oxygens (including phenoxy) is 2. The fourth-order valence-electron chi connectivity index (χ4n) is 3.98. The van der Waals surface area contributed by atoms with Crippen molar-refractivity contribution in [1.29, 1.82) is 0 Å². The van der Waals surface area contributed by atoms with Crippen molar-refractivity contribution in [3.63, 3.8) is 0 Å². The number of pyridine rings is 1. The topological polar surface area (TPSA) is 107 Å². The van der Waals surface area contributed by atoms with Gasteiger partial charge < -0.3 is 24.7 Å². The van der Waals surface area contributed by atoms with Crippen molar-refractivity contribution in [3.05, 3.63) is 70.2 Å². The van der Waals surface area contributed by atoms with Crippen LogP contribution in [0, 0.1) is 5.82 Å². The van der Waals surface area contributed by atoms with E-state index < -0.39 is 5.82 Å². The molecule has 0 aliphatic heterocycles. The van der Waals surface area contributed by atoms with Gasteiger partial charge in [0.05, 0.1) is 25.2 Å². The van der Waals surface area contributed by atoms with Crippen LogP contribution in [0.25, 0.3) is 0 Å². The van der Waals surface area contributed by atoms with Crippen molar-refractivity contribution in [2.45, 2.75) is 38.3 Å². The maximum absolute atomic E-state index is 14.6. The van der Waals surface area contributed by atoms with Crippen molar-refractivity contribution < 1.29 is 18.7 Å². The minimum atomic E-state index is -0.605. The first-order chi connectivity index (χ1) is 16.5. The molecule has 1 aromatic carbocycles. The Balaban J connectivity index is 1.44.